The highest BCUT2D eigenvalue weighted by Crippen LogP contribution is 2.33. The smallest absolute Gasteiger partial charge is 0.305 e. The Labute approximate surface area is 190 Å². The van der Waals surface area contributed by atoms with Gasteiger partial charge >= 0.3 is 5.69 Å². The first-order valence-corrected chi connectivity index (χ1v) is 10.4. The molecule has 0 saturated carbocycles. The van der Waals surface area contributed by atoms with Gasteiger partial charge in [-0.15, -0.1) is 11.3 Å². The van der Waals surface area contributed by atoms with Gasteiger partial charge in [0.25, 0.3) is 11.6 Å². The van der Waals surface area contributed by atoms with E-state index in [0.717, 1.165) is 22.6 Å². The molecule has 0 spiro atoms. The van der Waals surface area contributed by atoms with E-state index in [1.807, 2.05) is 17.5 Å². The van der Waals surface area contributed by atoms with Crippen LogP contribution in [0.25, 0.3) is 21.6 Å². The molecule has 0 aliphatic heterocycles. The Morgan fingerprint density at radius 3 is 2.12 bits per heavy atom. The number of halogens is 1. The van der Waals surface area contributed by atoms with Crippen LogP contribution in [0.3, 0.4) is 0 Å². The average Bonchev–Trinajstić information content (AvgIpc) is 3.34. The molecule has 8 nitrogen and oxygen atoms in total. The molecule has 164 valence electrons. The summed E-state index contributed by atoms with van der Waals surface area (Å²) in [6.07, 6.45) is 0. The second kappa shape index (κ2) is 8.97. The molecule has 0 atom stereocenters. The minimum atomic E-state index is -0.939. The van der Waals surface area contributed by atoms with Gasteiger partial charge in [0.2, 0.25) is 5.82 Å². The Morgan fingerprint density at radius 1 is 0.818 bits per heavy atom. The van der Waals surface area contributed by atoms with E-state index in [4.69, 9.17) is 0 Å². The molecular weight excluding hydrogens is 449 g/mol. The van der Waals surface area contributed by atoms with Crippen molar-refractivity contribution in [1.29, 1.82) is 0 Å². The highest BCUT2D eigenvalue weighted by atomic mass is 32.1. The fourth-order valence-corrected chi connectivity index (χ4v) is 3.96. The lowest BCUT2D eigenvalue weighted by molar-refractivity contribution is -0.387. The standard InChI is InChI=1S/C23H14FN3O5S/c24-18-9-7-16(13-21(18)27(31)32)14-3-5-15(6-4-14)23(28)25-19-12-17(22-2-1-11-33-22)8-10-20(19)26(29)30/h1-13H,(H,25,28). The lowest BCUT2D eigenvalue weighted by Gasteiger charge is -2.09. The zero-order chi connectivity index (χ0) is 23.5. The molecule has 0 aliphatic rings. The second-order valence-corrected chi connectivity index (χ2v) is 7.87. The van der Waals surface area contributed by atoms with Crippen molar-refractivity contribution in [2.24, 2.45) is 0 Å². The number of rotatable bonds is 6. The molecule has 0 aliphatic carbocycles. The van der Waals surface area contributed by atoms with Gasteiger partial charge in [0.1, 0.15) is 5.69 Å². The molecule has 0 fully saturated rings. The molecule has 1 N–H and O–H groups in total. The number of nitrogens with one attached hydrogen (secondary N) is 1. The topological polar surface area (TPSA) is 115 Å². The summed E-state index contributed by atoms with van der Waals surface area (Å²) < 4.78 is 13.6. The number of carbonyl (C=O) groups is 1. The predicted molar refractivity (Wildman–Crippen MR) is 123 cm³/mol. The van der Waals surface area contributed by atoms with E-state index in [1.165, 1.54) is 35.6 Å². The summed E-state index contributed by atoms with van der Waals surface area (Å²) >= 11 is 1.47. The van der Waals surface area contributed by atoms with Crippen molar-refractivity contribution < 1.29 is 19.0 Å². The van der Waals surface area contributed by atoms with Gasteiger partial charge in [-0.2, -0.15) is 4.39 Å². The van der Waals surface area contributed by atoms with E-state index in [0.29, 0.717) is 11.1 Å². The number of thiophene rings is 1. The van der Waals surface area contributed by atoms with E-state index in [-0.39, 0.29) is 16.9 Å². The summed E-state index contributed by atoms with van der Waals surface area (Å²) in [6, 6.07) is 17.8. The lowest BCUT2D eigenvalue weighted by Crippen LogP contribution is -2.13. The number of nitro benzene ring substituents is 2. The van der Waals surface area contributed by atoms with Crippen molar-refractivity contribution in [2.45, 2.75) is 0 Å². The van der Waals surface area contributed by atoms with Crippen LogP contribution in [0.2, 0.25) is 0 Å². The zero-order valence-electron chi connectivity index (χ0n) is 16.7. The predicted octanol–water partition coefficient (Wildman–Crippen LogP) is 6.29. The summed E-state index contributed by atoms with van der Waals surface area (Å²) in [5.41, 5.74) is 1.10. The van der Waals surface area contributed by atoms with Crippen LogP contribution >= 0.6 is 11.3 Å². The Hall–Kier alpha value is -4.44. The number of hydrogen-bond donors (Lipinski definition) is 1. The monoisotopic (exact) mass is 463 g/mol. The Bertz CT molecular complexity index is 1370. The highest BCUT2D eigenvalue weighted by Gasteiger charge is 2.19. The Kier molecular flexibility index (Phi) is 5.92. The minimum absolute atomic E-state index is 0.0640. The third kappa shape index (κ3) is 4.60. The lowest BCUT2D eigenvalue weighted by atomic mass is 10.0. The maximum Gasteiger partial charge on any atom is 0.305 e. The summed E-state index contributed by atoms with van der Waals surface area (Å²) in [6.45, 7) is 0. The molecule has 3 aromatic carbocycles. The van der Waals surface area contributed by atoms with E-state index >= 15 is 0 Å². The third-order valence-corrected chi connectivity index (χ3v) is 5.79. The zero-order valence-corrected chi connectivity index (χ0v) is 17.5. The third-order valence-electron chi connectivity index (χ3n) is 4.87. The van der Waals surface area contributed by atoms with Crippen molar-refractivity contribution in [3.05, 3.63) is 110 Å². The number of nitro groups is 2. The van der Waals surface area contributed by atoms with Crippen molar-refractivity contribution in [2.75, 3.05) is 5.32 Å². The fraction of sp³-hybridized carbons (Fsp3) is 0. The van der Waals surface area contributed by atoms with Gasteiger partial charge in [0.15, 0.2) is 0 Å². The molecule has 10 heteroatoms. The van der Waals surface area contributed by atoms with Crippen LogP contribution in [-0.4, -0.2) is 15.8 Å². The van der Waals surface area contributed by atoms with Gasteiger partial charge in [-0.25, -0.2) is 0 Å². The van der Waals surface area contributed by atoms with Gasteiger partial charge < -0.3 is 5.32 Å². The van der Waals surface area contributed by atoms with E-state index < -0.39 is 27.3 Å². The normalized spacial score (nSPS) is 10.6. The number of benzene rings is 3. The average molecular weight is 463 g/mol. The maximum atomic E-state index is 13.6. The molecule has 1 amide bonds. The van der Waals surface area contributed by atoms with Crippen LogP contribution in [0.5, 0.6) is 0 Å². The number of carbonyl (C=O) groups excluding carboxylic acids is 1. The summed E-state index contributed by atoms with van der Waals surface area (Å²) in [4.78, 5) is 34.7. The number of anilines is 1. The molecule has 4 aromatic rings. The Balaban J connectivity index is 1.60. The highest BCUT2D eigenvalue weighted by molar-refractivity contribution is 7.13. The van der Waals surface area contributed by atoms with Crippen molar-refractivity contribution >= 4 is 34.3 Å². The van der Waals surface area contributed by atoms with Crippen LogP contribution in [-0.2, 0) is 0 Å². The SMILES string of the molecule is O=C(Nc1cc(-c2cccs2)ccc1[N+](=O)[O-])c1ccc(-c2ccc(F)c([N+](=O)[O-])c2)cc1. The number of hydrogen-bond acceptors (Lipinski definition) is 6. The maximum absolute atomic E-state index is 13.6. The van der Waals surface area contributed by atoms with Crippen molar-refractivity contribution in [3.8, 4) is 21.6 Å². The van der Waals surface area contributed by atoms with Crippen LogP contribution in [0.1, 0.15) is 10.4 Å². The molecule has 0 unspecified atom stereocenters. The van der Waals surface area contributed by atoms with Crippen molar-refractivity contribution in [1.82, 2.24) is 0 Å². The number of amides is 1. The first-order valence-electron chi connectivity index (χ1n) is 9.51. The molecular formula is C23H14FN3O5S. The molecule has 1 heterocycles. The first kappa shape index (κ1) is 21.8. The first-order chi connectivity index (χ1) is 15.8. The van der Waals surface area contributed by atoms with Gasteiger partial charge in [-0.1, -0.05) is 24.3 Å². The Morgan fingerprint density at radius 2 is 1.48 bits per heavy atom. The van der Waals surface area contributed by atoms with Crippen LogP contribution in [0.15, 0.2) is 78.2 Å². The molecule has 33 heavy (non-hydrogen) atoms. The largest absolute Gasteiger partial charge is 0.316 e. The van der Waals surface area contributed by atoms with E-state index in [2.05, 4.69) is 5.32 Å². The molecule has 0 saturated heterocycles. The van der Waals surface area contributed by atoms with Gasteiger partial charge in [0.05, 0.1) is 9.85 Å². The van der Waals surface area contributed by atoms with Crippen LogP contribution < -0.4 is 5.32 Å². The molecule has 0 radical (unpaired) electrons. The van der Waals surface area contributed by atoms with Gasteiger partial charge in [-0.3, -0.25) is 25.0 Å². The van der Waals surface area contributed by atoms with E-state index in [1.54, 1.807) is 24.3 Å². The summed E-state index contributed by atoms with van der Waals surface area (Å²) in [5, 5.41) is 26.9. The summed E-state index contributed by atoms with van der Waals surface area (Å²) in [7, 11) is 0. The second-order valence-electron chi connectivity index (χ2n) is 6.92. The van der Waals surface area contributed by atoms with Gasteiger partial charge in [0, 0.05) is 22.6 Å². The quantitative estimate of drug-likeness (QED) is 0.266. The van der Waals surface area contributed by atoms with E-state index in [9.17, 15) is 29.4 Å². The minimum Gasteiger partial charge on any atom is -0.316 e. The molecule has 1 aromatic heterocycles. The fourth-order valence-electron chi connectivity index (χ4n) is 3.23. The van der Waals surface area contributed by atoms with Gasteiger partial charge in [-0.05, 0) is 58.5 Å². The van der Waals surface area contributed by atoms with Crippen LogP contribution in [0.4, 0.5) is 21.5 Å². The molecule has 4 rings (SSSR count). The van der Waals surface area contributed by atoms with Crippen molar-refractivity contribution in [3.63, 3.8) is 0 Å². The molecule has 0 bridgehead atoms. The summed E-state index contributed by atoms with van der Waals surface area (Å²) in [5.74, 6) is -1.50. The van der Waals surface area contributed by atoms with Crippen LogP contribution in [0, 0.1) is 26.0 Å². The number of nitrogens with zero attached hydrogens (tertiary/aromatic N) is 2.